The molecule has 0 saturated carbocycles. The van der Waals surface area contributed by atoms with Crippen molar-refractivity contribution in [1.29, 1.82) is 0 Å². The van der Waals surface area contributed by atoms with Crippen molar-refractivity contribution in [2.75, 3.05) is 33.2 Å². The first-order valence-electron chi connectivity index (χ1n) is 9.99. The smallest absolute Gasteiger partial charge is 0.224 e. The molecule has 1 N–H and O–H groups in total. The monoisotopic (exact) mass is 341 g/mol. The van der Waals surface area contributed by atoms with Gasteiger partial charge in [0.15, 0.2) is 0 Å². The molecule has 1 amide bonds. The number of likely N-dealkylation sites (tertiary alicyclic amines) is 2. The van der Waals surface area contributed by atoms with E-state index in [1.807, 2.05) is 0 Å². The van der Waals surface area contributed by atoms with Crippen molar-refractivity contribution < 1.29 is 4.79 Å². The van der Waals surface area contributed by atoms with Crippen LogP contribution in [0.5, 0.6) is 0 Å². The standard InChI is InChI=1S/C21H31N3O/c1-23-11-8-20(9-12-23)24-10-4-7-18(15-24)21(25)22-19-13-16-5-2-3-6-17(16)14-19/h2-3,5-6,18-20H,4,7-15H2,1H3,(H,22,25)/t18-/m0/s1. The van der Waals surface area contributed by atoms with E-state index in [0.717, 1.165) is 32.2 Å². The summed E-state index contributed by atoms with van der Waals surface area (Å²) in [5.41, 5.74) is 2.81. The summed E-state index contributed by atoms with van der Waals surface area (Å²) in [7, 11) is 2.21. The molecule has 1 aromatic carbocycles. The maximum atomic E-state index is 12.8. The molecule has 2 heterocycles. The minimum absolute atomic E-state index is 0.178. The number of carbonyl (C=O) groups excluding carboxylic acids is 1. The quantitative estimate of drug-likeness (QED) is 0.914. The molecule has 0 radical (unpaired) electrons. The normalized spacial score (nSPS) is 26.5. The van der Waals surface area contributed by atoms with Gasteiger partial charge in [0.05, 0.1) is 5.92 Å². The molecule has 4 nitrogen and oxygen atoms in total. The summed E-state index contributed by atoms with van der Waals surface area (Å²) in [6.07, 6.45) is 6.70. The molecule has 1 aromatic rings. The number of rotatable bonds is 3. The van der Waals surface area contributed by atoms with Crippen LogP contribution >= 0.6 is 0 Å². The van der Waals surface area contributed by atoms with Crippen LogP contribution in [-0.4, -0.2) is 61.0 Å². The molecule has 2 fully saturated rings. The number of piperidine rings is 2. The number of amides is 1. The lowest BCUT2D eigenvalue weighted by atomic mass is 9.93. The lowest BCUT2D eigenvalue weighted by Crippen LogP contribution is -2.51. The van der Waals surface area contributed by atoms with Gasteiger partial charge in [-0.1, -0.05) is 24.3 Å². The molecule has 2 saturated heterocycles. The van der Waals surface area contributed by atoms with Crippen LogP contribution < -0.4 is 5.32 Å². The third kappa shape index (κ3) is 3.90. The van der Waals surface area contributed by atoms with Crippen LogP contribution in [0.25, 0.3) is 0 Å². The van der Waals surface area contributed by atoms with Gasteiger partial charge in [-0.25, -0.2) is 0 Å². The maximum Gasteiger partial charge on any atom is 0.224 e. The lowest BCUT2D eigenvalue weighted by Gasteiger charge is -2.41. The minimum Gasteiger partial charge on any atom is -0.352 e. The molecule has 4 heteroatoms. The zero-order valence-corrected chi connectivity index (χ0v) is 15.4. The molecule has 2 aliphatic heterocycles. The fraction of sp³-hybridized carbons (Fsp3) is 0.667. The van der Waals surface area contributed by atoms with Gasteiger partial charge in [0.2, 0.25) is 5.91 Å². The van der Waals surface area contributed by atoms with Gasteiger partial charge in [0, 0.05) is 18.6 Å². The van der Waals surface area contributed by atoms with E-state index >= 15 is 0 Å². The number of hydrogen-bond acceptors (Lipinski definition) is 3. The Morgan fingerprint density at radius 3 is 2.40 bits per heavy atom. The number of benzene rings is 1. The van der Waals surface area contributed by atoms with Crippen LogP contribution in [-0.2, 0) is 17.6 Å². The zero-order chi connectivity index (χ0) is 17.2. The average molecular weight is 341 g/mol. The minimum atomic E-state index is 0.178. The molecule has 3 aliphatic rings. The van der Waals surface area contributed by atoms with E-state index in [1.165, 1.54) is 43.6 Å². The Labute approximate surface area is 151 Å². The van der Waals surface area contributed by atoms with Crippen molar-refractivity contribution in [2.24, 2.45) is 5.92 Å². The SMILES string of the molecule is CN1CCC(N2CCC[C@H](C(=O)NC3Cc4ccccc4C3)C2)CC1. The second-order valence-corrected chi connectivity index (χ2v) is 8.25. The van der Waals surface area contributed by atoms with E-state index in [0.29, 0.717) is 12.1 Å². The molecule has 1 aliphatic carbocycles. The first kappa shape index (κ1) is 17.0. The number of hydrogen-bond donors (Lipinski definition) is 1. The Kier molecular flexibility index (Phi) is 5.09. The number of fused-ring (bicyclic) bond motifs is 1. The molecule has 0 bridgehead atoms. The summed E-state index contributed by atoms with van der Waals surface area (Å²) in [5.74, 6) is 0.465. The zero-order valence-electron chi connectivity index (χ0n) is 15.4. The van der Waals surface area contributed by atoms with Gasteiger partial charge in [0.25, 0.3) is 0 Å². The second kappa shape index (κ2) is 7.46. The molecular formula is C21H31N3O. The van der Waals surface area contributed by atoms with Crippen molar-refractivity contribution in [3.8, 4) is 0 Å². The van der Waals surface area contributed by atoms with Gasteiger partial charge < -0.3 is 10.2 Å². The second-order valence-electron chi connectivity index (χ2n) is 8.25. The van der Waals surface area contributed by atoms with Crippen LogP contribution in [0.15, 0.2) is 24.3 Å². The summed E-state index contributed by atoms with van der Waals surface area (Å²) in [5, 5.41) is 3.35. The van der Waals surface area contributed by atoms with Crippen molar-refractivity contribution in [1.82, 2.24) is 15.1 Å². The molecule has 0 spiro atoms. The van der Waals surface area contributed by atoms with Crippen LogP contribution in [0, 0.1) is 5.92 Å². The maximum absolute atomic E-state index is 12.8. The summed E-state index contributed by atoms with van der Waals surface area (Å²) in [6, 6.07) is 9.58. The van der Waals surface area contributed by atoms with Gasteiger partial charge in [-0.2, -0.15) is 0 Å². The van der Waals surface area contributed by atoms with Crippen molar-refractivity contribution in [3.63, 3.8) is 0 Å². The number of nitrogens with one attached hydrogen (secondary N) is 1. The third-order valence-electron chi connectivity index (χ3n) is 6.43. The molecule has 1 atom stereocenters. The third-order valence-corrected chi connectivity index (χ3v) is 6.43. The van der Waals surface area contributed by atoms with Crippen LogP contribution in [0.2, 0.25) is 0 Å². The Hall–Kier alpha value is -1.39. The van der Waals surface area contributed by atoms with E-state index in [9.17, 15) is 4.79 Å². The molecule has 4 rings (SSSR count). The molecule has 25 heavy (non-hydrogen) atoms. The van der Waals surface area contributed by atoms with Gasteiger partial charge in [0.1, 0.15) is 0 Å². The van der Waals surface area contributed by atoms with Gasteiger partial charge in [-0.3, -0.25) is 9.69 Å². The van der Waals surface area contributed by atoms with E-state index in [4.69, 9.17) is 0 Å². The predicted octanol–water partition coefficient (Wildman–Crippen LogP) is 2.08. The first-order valence-corrected chi connectivity index (χ1v) is 9.99. The van der Waals surface area contributed by atoms with Gasteiger partial charge >= 0.3 is 0 Å². The first-order chi connectivity index (χ1) is 12.2. The van der Waals surface area contributed by atoms with Crippen LogP contribution in [0.4, 0.5) is 0 Å². The van der Waals surface area contributed by atoms with Gasteiger partial charge in [-0.05, 0) is 76.3 Å². The van der Waals surface area contributed by atoms with Crippen LogP contribution in [0.3, 0.4) is 0 Å². The Morgan fingerprint density at radius 1 is 1.04 bits per heavy atom. The van der Waals surface area contributed by atoms with E-state index < -0.39 is 0 Å². The lowest BCUT2D eigenvalue weighted by molar-refractivity contribution is -0.127. The number of carbonyl (C=O) groups is 1. The molecule has 136 valence electrons. The molecule has 0 unspecified atom stereocenters. The van der Waals surface area contributed by atoms with Crippen molar-refractivity contribution in [3.05, 3.63) is 35.4 Å². The van der Waals surface area contributed by atoms with E-state index in [-0.39, 0.29) is 11.8 Å². The highest BCUT2D eigenvalue weighted by atomic mass is 16.2. The Bertz CT molecular complexity index is 584. The topological polar surface area (TPSA) is 35.6 Å². The van der Waals surface area contributed by atoms with Gasteiger partial charge in [-0.15, -0.1) is 0 Å². The summed E-state index contributed by atoms with van der Waals surface area (Å²) in [6.45, 7) is 4.52. The highest BCUT2D eigenvalue weighted by molar-refractivity contribution is 5.79. The highest BCUT2D eigenvalue weighted by Crippen LogP contribution is 2.25. The Balaban J connectivity index is 1.30. The fourth-order valence-corrected chi connectivity index (χ4v) is 4.89. The van der Waals surface area contributed by atoms with Crippen molar-refractivity contribution >= 4 is 5.91 Å². The largest absolute Gasteiger partial charge is 0.352 e. The number of nitrogens with zero attached hydrogens (tertiary/aromatic N) is 2. The Morgan fingerprint density at radius 2 is 1.72 bits per heavy atom. The average Bonchev–Trinajstić information content (AvgIpc) is 3.04. The van der Waals surface area contributed by atoms with Crippen molar-refractivity contribution in [2.45, 2.75) is 50.6 Å². The summed E-state index contributed by atoms with van der Waals surface area (Å²) < 4.78 is 0. The summed E-state index contributed by atoms with van der Waals surface area (Å²) >= 11 is 0. The predicted molar refractivity (Wildman–Crippen MR) is 101 cm³/mol. The highest BCUT2D eigenvalue weighted by Gasteiger charge is 2.32. The van der Waals surface area contributed by atoms with Crippen LogP contribution in [0.1, 0.15) is 36.8 Å². The van der Waals surface area contributed by atoms with E-state index in [2.05, 4.69) is 46.4 Å². The van der Waals surface area contributed by atoms with E-state index in [1.54, 1.807) is 0 Å². The molecular weight excluding hydrogens is 310 g/mol. The fourth-order valence-electron chi connectivity index (χ4n) is 4.89. The summed E-state index contributed by atoms with van der Waals surface area (Å²) in [4.78, 5) is 17.9. The molecule has 0 aromatic heterocycles.